The number of rotatable bonds is 6. The lowest BCUT2D eigenvalue weighted by Crippen LogP contribution is -2.63. The summed E-state index contributed by atoms with van der Waals surface area (Å²) in [6, 6.07) is 2.32. The number of nitrogens with one attached hydrogen (secondary N) is 2. The largest absolute Gasteiger partial charge is 0.350 e. The maximum absolute atomic E-state index is 12.0. The lowest BCUT2D eigenvalue weighted by atomic mass is 9.87. The van der Waals surface area contributed by atoms with E-state index in [0.29, 0.717) is 25.3 Å². The molecule has 0 aliphatic carbocycles. The van der Waals surface area contributed by atoms with Crippen molar-refractivity contribution < 1.29 is 4.79 Å². The van der Waals surface area contributed by atoms with Crippen LogP contribution in [0.3, 0.4) is 0 Å². The van der Waals surface area contributed by atoms with Gasteiger partial charge in [0.1, 0.15) is 17.1 Å². The minimum absolute atomic E-state index is 0.0331. The van der Waals surface area contributed by atoms with Crippen LogP contribution < -0.4 is 10.2 Å². The van der Waals surface area contributed by atoms with Gasteiger partial charge in [0.05, 0.1) is 36.8 Å². The molecular weight excluding hydrogens is 382 g/mol. The van der Waals surface area contributed by atoms with Crippen LogP contribution in [0.5, 0.6) is 0 Å². The molecule has 0 spiro atoms. The van der Waals surface area contributed by atoms with Crippen molar-refractivity contribution in [3.63, 3.8) is 0 Å². The first-order chi connectivity index (χ1) is 14.4. The highest BCUT2D eigenvalue weighted by Gasteiger charge is 2.46. The van der Waals surface area contributed by atoms with E-state index < -0.39 is 5.54 Å². The number of nitriles is 1. The van der Waals surface area contributed by atoms with Crippen LogP contribution in [0.1, 0.15) is 36.5 Å². The van der Waals surface area contributed by atoms with E-state index in [1.807, 2.05) is 42.7 Å². The second kappa shape index (κ2) is 7.59. The topological polar surface area (TPSA) is 128 Å². The molecule has 1 saturated heterocycles. The fraction of sp³-hybridized carbons (Fsp3) is 0.400. The van der Waals surface area contributed by atoms with Crippen molar-refractivity contribution in [1.82, 2.24) is 35.3 Å². The molecule has 4 rings (SSSR count). The number of carbonyl (C=O) groups is 1. The summed E-state index contributed by atoms with van der Waals surface area (Å²) < 4.78 is 1.87. The van der Waals surface area contributed by atoms with Gasteiger partial charge in [-0.1, -0.05) is 0 Å². The van der Waals surface area contributed by atoms with Gasteiger partial charge >= 0.3 is 0 Å². The van der Waals surface area contributed by atoms with Gasteiger partial charge in [-0.25, -0.2) is 9.97 Å². The maximum Gasteiger partial charge on any atom is 0.271 e. The molecule has 1 fully saturated rings. The fourth-order valence-corrected chi connectivity index (χ4v) is 3.62. The van der Waals surface area contributed by atoms with Crippen molar-refractivity contribution in [2.45, 2.75) is 38.8 Å². The van der Waals surface area contributed by atoms with Crippen molar-refractivity contribution in [1.29, 1.82) is 5.26 Å². The number of aromatic amines is 1. The Bertz CT molecular complexity index is 1080. The molecule has 0 saturated carbocycles. The van der Waals surface area contributed by atoms with E-state index in [9.17, 15) is 10.1 Å². The van der Waals surface area contributed by atoms with Gasteiger partial charge < -0.3 is 10.2 Å². The molecule has 0 radical (unpaired) electrons. The van der Waals surface area contributed by atoms with Crippen molar-refractivity contribution in [3.8, 4) is 17.2 Å². The Labute approximate surface area is 173 Å². The van der Waals surface area contributed by atoms with Gasteiger partial charge in [0.15, 0.2) is 0 Å². The molecule has 0 bridgehead atoms. The summed E-state index contributed by atoms with van der Waals surface area (Å²) in [5.74, 6) is 0.424. The lowest BCUT2D eigenvalue weighted by Gasteiger charge is -2.49. The van der Waals surface area contributed by atoms with Crippen molar-refractivity contribution in [2.75, 3.05) is 18.0 Å². The number of amides is 1. The molecule has 154 valence electrons. The normalized spacial score (nSPS) is 15.0. The second-order valence-electron chi connectivity index (χ2n) is 7.86. The number of carbonyl (C=O) groups excluding carboxylic acids is 1. The summed E-state index contributed by atoms with van der Waals surface area (Å²) in [7, 11) is 0. The van der Waals surface area contributed by atoms with Gasteiger partial charge in [0.2, 0.25) is 0 Å². The quantitative estimate of drug-likeness (QED) is 0.638. The van der Waals surface area contributed by atoms with Gasteiger partial charge in [-0.05, 0) is 20.8 Å². The molecule has 1 aliphatic rings. The molecule has 4 heterocycles. The molecule has 1 aliphatic heterocycles. The maximum atomic E-state index is 12.0. The molecule has 10 nitrogen and oxygen atoms in total. The number of hydrogen-bond acceptors (Lipinski definition) is 7. The van der Waals surface area contributed by atoms with E-state index in [0.717, 1.165) is 16.8 Å². The predicted molar refractivity (Wildman–Crippen MR) is 110 cm³/mol. The van der Waals surface area contributed by atoms with Crippen molar-refractivity contribution in [2.24, 2.45) is 0 Å². The fourth-order valence-electron chi connectivity index (χ4n) is 3.62. The third-order valence-electron chi connectivity index (χ3n) is 5.20. The summed E-state index contributed by atoms with van der Waals surface area (Å²) in [5.41, 5.74) is 2.70. The predicted octanol–water partition coefficient (Wildman–Crippen LogP) is 1.64. The SMILES string of the molecule is Cc1n[nH]cc1-c1cnn(C2(CC#N)CN(c3cnc(C(=O)NC(C)C)cn3)C2)c1. The Hall–Kier alpha value is -3.74. The summed E-state index contributed by atoms with van der Waals surface area (Å²) >= 11 is 0. The number of aromatic nitrogens is 6. The highest BCUT2D eigenvalue weighted by atomic mass is 16.1. The number of anilines is 1. The Morgan fingerprint density at radius 3 is 2.73 bits per heavy atom. The number of nitrogens with zero attached hydrogens (tertiary/aromatic N) is 7. The van der Waals surface area contributed by atoms with E-state index in [1.54, 1.807) is 12.4 Å². The number of aryl methyl sites for hydroxylation is 1. The molecule has 10 heteroatoms. The van der Waals surface area contributed by atoms with Gasteiger partial charge in [-0.3, -0.25) is 14.6 Å². The Morgan fingerprint density at radius 2 is 2.13 bits per heavy atom. The first-order valence-corrected chi connectivity index (χ1v) is 9.72. The number of hydrogen-bond donors (Lipinski definition) is 2. The minimum Gasteiger partial charge on any atom is -0.350 e. The third kappa shape index (κ3) is 3.50. The molecule has 0 atom stereocenters. The van der Waals surface area contributed by atoms with Crippen LogP contribution in [0, 0.1) is 18.3 Å². The van der Waals surface area contributed by atoms with Crippen LogP contribution in [0.2, 0.25) is 0 Å². The zero-order chi connectivity index (χ0) is 21.3. The first kappa shape index (κ1) is 19.6. The third-order valence-corrected chi connectivity index (χ3v) is 5.20. The standard InChI is InChI=1S/C20H23N9O/c1-13(2)26-19(30)17-8-23-18(9-22-17)28-11-20(12-28,4-5-21)29-10-15(6-25-29)16-7-24-27-14(16)3/h6-10,13H,4,11-12H2,1-3H3,(H,24,27)(H,26,30). The zero-order valence-corrected chi connectivity index (χ0v) is 17.1. The smallest absolute Gasteiger partial charge is 0.271 e. The number of H-pyrrole nitrogens is 1. The van der Waals surface area contributed by atoms with Crippen molar-refractivity contribution >= 4 is 11.7 Å². The summed E-state index contributed by atoms with van der Waals surface area (Å²) in [6.45, 7) is 6.88. The van der Waals surface area contributed by atoms with Gasteiger partial charge in [-0.2, -0.15) is 15.5 Å². The molecule has 1 amide bonds. The second-order valence-corrected chi connectivity index (χ2v) is 7.86. The average Bonchev–Trinajstić information content (AvgIpc) is 3.33. The van der Waals surface area contributed by atoms with E-state index >= 15 is 0 Å². The van der Waals surface area contributed by atoms with Crippen LogP contribution in [-0.4, -0.2) is 55.0 Å². The highest BCUT2D eigenvalue weighted by Crippen LogP contribution is 2.35. The van der Waals surface area contributed by atoms with Gasteiger partial charge in [-0.15, -0.1) is 0 Å². The van der Waals surface area contributed by atoms with Crippen LogP contribution in [-0.2, 0) is 5.54 Å². The van der Waals surface area contributed by atoms with Crippen LogP contribution in [0.15, 0.2) is 31.0 Å². The summed E-state index contributed by atoms with van der Waals surface area (Å²) in [4.78, 5) is 22.7. The highest BCUT2D eigenvalue weighted by molar-refractivity contribution is 5.92. The van der Waals surface area contributed by atoms with Crippen molar-refractivity contribution in [3.05, 3.63) is 42.4 Å². The molecule has 0 aromatic carbocycles. The van der Waals surface area contributed by atoms with Crippen LogP contribution >= 0.6 is 0 Å². The molecular formula is C20H23N9O. The van der Waals surface area contributed by atoms with E-state index in [2.05, 4.69) is 36.7 Å². The van der Waals surface area contributed by atoms with E-state index in [1.165, 1.54) is 6.20 Å². The Morgan fingerprint density at radius 1 is 1.33 bits per heavy atom. The molecule has 0 unspecified atom stereocenters. The van der Waals surface area contributed by atoms with Crippen LogP contribution in [0.4, 0.5) is 5.82 Å². The summed E-state index contributed by atoms with van der Waals surface area (Å²) in [5, 5.41) is 23.7. The Kier molecular flexibility index (Phi) is 4.95. The summed E-state index contributed by atoms with van der Waals surface area (Å²) in [6.07, 6.45) is 8.99. The van der Waals surface area contributed by atoms with Crippen LogP contribution in [0.25, 0.3) is 11.1 Å². The van der Waals surface area contributed by atoms with Gasteiger partial charge in [0.25, 0.3) is 5.91 Å². The first-order valence-electron chi connectivity index (χ1n) is 9.72. The molecule has 30 heavy (non-hydrogen) atoms. The Balaban J connectivity index is 1.49. The lowest BCUT2D eigenvalue weighted by molar-refractivity contribution is 0.0937. The van der Waals surface area contributed by atoms with E-state index in [-0.39, 0.29) is 17.6 Å². The molecule has 3 aromatic heterocycles. The minimum atomic E-state index is -0.431. The average molecular weight is 405 g/mol. The van der Waals surface area contributed by atoms with E-state index in [4.69, 9.17) is 0 Å². The zero-order valence-electron chi connectivity index (χ0n) is 17.1. The molecule has 3 aromatic rings. The monoisotopic (exact) mass is 405 g/mol. The molecule has 2 N–H and O–H groups in total. The van der Waals surface area contributed by atoms with Gasteiger partial charge in [0, 0.05) is 42.7 Å².